The smallest absolute Gasteiger partial charge is 0.251 e. The zero-order valence-electron chi connectivity index (χ0n) is 13.4. The van der Waals surface area contributed by atoms with Crippen molar-refractivity contribution >= 4 is 29.9 Å². The summed E-state index contributed by atoms with van der Waals surface area (Å²) in [6.45, 7) is -0.117. The van der Waals surface area contributed by atoms with Crippen LogP contribution in [-0.2, 0) is 0 Å². The van der Waals surface area contributed by atoms with Gasteiger partial charge < -0.3 is 15.8 Å². The minimum atomic E-state index is -0.456. The molecule has 0 unspecified atom stereocenters. The molecule has 1 aliphatic carbocycles. The normalized spacial score (nSPS) is 15.5. The van der Waals surface area contributed by atoms with Gasteiger partial charge in [0.15, 0.2) is 0 Å². The van der Waals surface area contributed by atoms with E-state index in [4.69, 9.17) is 22.1 Å². The third-order valence-electron chi connectivity index (χ3n) is 3.84. The lowest BCUT2D eigenvalue weighted by Crippen LogP contribution is -2.36. The molecular weight excluding hydrogens is 354 g/mol. The summed E-state index contributed by atoms with van der Waals surface area (Å²) >= 11 is 6.11. The third-order valence-corrected chi connectivity index (χ3v) is 4.13. The van der Waals surface area contributed by atoms with Crippen LogP contribution in [0.2, 0.25) is 5.02 Å². The quantitative estimate of drug-likeness (QED) is 0.787. The summed E-state index contributed by atoms with van der Waals surface area (Å²) in [6.07, 6.45) is 6.82. The molecule has 24 heavy (non-hydrogen) atoms. The number of amides is 1. The van der Waals surface area contributed by atoms with E-state index in [2.05, 4.69) is 5.32 Å². The lowest BCUT2D eigenvalue weighted by Gasteiger charge is -2.22. The maximum Gasteiger partial charge on any atom is 0.251 e. The molecule has 1 aromatic carbocycles. The standard InChI is InChI=1S/C17H22ClFN2O2.ClH/c18-15-10-12(17(22)21-14-4-2-1-3-5-14)6-7-16(15)23-11-13(19)8-9-20;/h6-8,10,14H,1-5,9,11,20H2,(H,21,22);1H. The number of halogens is 3. The number of nitrogens with one attached hydrogen (secondary N) is 1. The van der Waals surface area contributed by atoms with E-state index in [1.54, 1.807) is 18.2 Å². The minimum absolute atomic E-state index is 0. The molecule has 0 heterocycles. The van der Waals surface area contributed by atoms with Crippen molar-refractivity contribution in [2.45, 2.75) is 38.1 Å². The summed E-state index contributed by atoms with van der Waals surface area (Å²) in [6, 6.07) is 4.98. The average Bonchev–Trinajstić information content (AvgIpc) is 2.55. The molecule has 3 N–H and O–H groups in total. The van der Waals surface area contributed by atoms with E-state index in [1.165, 1.54) is 12.5 Å². The zero-order chi connectivity index (χ0) is 16.7. The first-order chi connectivity index (χ1) is 11.1. The van der Waals surface area contributed by atoms with Crippen LogP contribution in [0, 0.1) is 0 Å². The predicted molar refractivity (Wildman–Crippen MR) is 96.8 cm³/mol. The minimum Gasteiger partial charge on any atom is -0.485 e. The van der Waals surface area contributed by atoms with Crippen LogP contribution in [0.1, 0.15) is 42.5 Å². The number of carbonyl (C=O) groups is 1. The van der Waals surface area contributed by atoms with E-state index in [-0.39, 0.29) is 42.5 Å². The van der Waals surface area contributed by atoms with Crippen molar-refractivity contribution in [1.29, 1.82) is 0 Å². The SMILES string of the molecule is Cl.NCC=C(F)COc1ccc(C(=O)NC2CCCCC2)cc1Cl. The molecule has 134 valence electrons. The number of hydrogen-bond donors (Lipinski definition) is 2. The van der Waals surface area contributed by atoms with Crippen molar-refractivity contribution in [2.24, 2.45) is 5.73 Å². The highest BCUT2D eigenvalue weighted by Crippen LogP contribution is 2.26. The molecule has 4 nitrogen and oxygen atoms in total. The summed E-state index contributed by atoms with van der Waals surface area (Å²) in [7, 11) is 0. The molecule has 0 saturated heterocycles. The van der Waals surface area contributed by atoms with Crippen LogP contribution >= 0.6 is 24.0 Å². The first-order valence-electron chi connectivity index (χ1n) is 7.88. The van der Waals surface area contributed by atoms with Crippen LogP contribution in [0.3, 0.4) is 0 Å². The topological polar surface area (TPSA) is 64.3 Å². The van der Waals surface area contributed by atoms with E-state index < -0.39 is 5.83 Å². The van der Waals surface area contributed by atoms with Crippen molar-refractivity contribution in [1.82, 2.24) is 5.32 Å². The number of rotatable bonds is 6. The van der Waals surface area contributed by atoms with Crippen molar-refractivity contribution in [3.05, 3.63) is 40.7 Å². The molecule has 0 atom stereocenters. The van der Waals surface area contributed by atoms with Gasteiger partial charge in [0.05, 0.1) is 5.02 Å². The maximum atomic E-state index is 13.2. The Balaban J connectivity index is 0.00000288. The Morgan fingerprint density at radius 2 is 2.08 bits per heavy atom. The summed E-state index contributed by atoms with van der Waals surface area (Å²) < 4.78 is 18.5. The van der Waals surface area contributed by atoms with Gasteiger partial charge in [0, 0.05) is 18.2 Å². The zero-order valence-corrected chi connectivity index (χ0v) is 15.0. The second-order valence-corrected chi connectivity index (χ2v) is 6.04. The molecule has 1 aliphatic rings. The summed E-state index contributed by atoms with van der Waals surface area (Å²) in [4.78, 5) is 12.2. The molecule has 2 rings (SSSR count). The summed E-state index contributed by atoms with van der Waals surface area (Å²) in [5, 5.41) is 3.31. The van der Waals surface area contributed by atoms with Gasteiger partial charge in [-0.1, -0.05) is 30.9 Å². The Labute approximate surface area is 153 Å². The van der Waals surface area contributed by atoms with E-state index >= 15 is 0 Å². The number of benzene rings is 1. The van der Waals surface area contributed by atoms with E-state index in [1.807, 2.05) is 0 Å². The van der Waals surface area contributed by atoms with Gasteiger partial charge in [-0.05, 0) is 37.1 Å². The van der Waals surface area contributed by atoms with Gasteiger partial charge in [0.1, 0.15) is 18.2 Å². The van der Waals surface area contributed by atoms with Gasteiger partial charge in [-0.2, -0.15) is 0 Å². The number of nitrogens with two attached hydrogens (primary N) is 1. The highest BCUT2D eigenvalue weighted by atomic mass is 35.5. The Bertz CT molecular complexity index is 576. The van der Waals surface area contributed by atoms with Gasteiger partial charge in [-0.15, -0.1) is 12.4 Å². The highest BCUT2D eigenvalue weighted by molar-refractivity contribution is 6.32. The Kier molecular flexibility index (Phi) is 9.11. The van der Waals surface area contributed by atoms with Crippen LogP contribution in [0.4, 0.5) is 4.39 Å². The largest absolute Gasteiger partial charge is 0.485 e. The van der Waals surface area contributed by atoms with Crippen molar-refractivity contribution in [2.75, 3.05) is 13.2 Å². The molecular formula is C17H23Cl2FN2O2. The number of carbonyl (C=O) groups excluding carboxylic acids is 1. The molecule has 0 aliphatic heterocycles. The predicted octanol–water partition coefficient (Wildman–Crippen LogP) is 4.02. The fraction of sp³-hybridized carbons (Fsp3) is 0.471. The van der Waals surface area contributed by atoms with E-state index in [0.29, 0.717) is 11.3 Å². The Hall–Kier alpha value is -1.30. The molecule has 0 aromatic heterocycles. The fourth-order valence-electron chi connectivity index (χ4n) is 2.61. The molecule has 1 fully saturated rings. The molecule has 0 bridgehead atoms. The Morgan fingerprint density at radius 3 is 2.71 bits per heavy atom. The number of hydrogen-bond acceptors (Lipinski definition) is 3. The second kappa shape index (κ2) is 10.5. The average molecular weight is 377 g/mol. The highest BCUT2D eigenvalue weighted by Gasteiger charge is 2.17. The third kappa shape index (κ3) is 6.30. The van der Waals surface area contributed by atoms with Crippen LogP contribution < -0.4 is 15.8 Å². The lowest BCUT2D eigenvalue weighted by molar-refractivity contribution is 0.0927. The molecule has 0 radical (unpaired) electrons. The van der Waals surface area contributed by atoms with Crippen molar-refractivity contribution in [3.63, 3.8) is 0 Å². The summed E-state index contributed by atoms with van der Waals surface area (Å²) in [5.41, 5.74) is 5.69. The van der Waals surface area contributed by atoms with Crippen molar-refractivity contribution in [3.8, 4) is 5.75 Å². The molecule has 1 aromatic rings. The fourth-order valence-corrected chi connectivity index (χ4v) is 2.84. The Morgan fingerprint density at radius 1 is 1.38 bits per heavy atom. The van der Waals surface area contributed by atoms with Crippen LogP contribution in [0.15, 0.2) is 30.1 Å². The van der Waals surface area contributed by atoms with Crippen molar-refractivity contribution < 1.29 is 13.9 Å². The van der Waals surface area contributed by atoms with E-state index in [0.717, 1.165) is 25.7 Å². The van der Waals surface area contributed by atoms with Crippen LogP contribution in [-0.4, -0.2) is 25.1 Å². The maximum absolute atomic E-state index is 13.2. The van der Waals surface area contributed by atoms with Gasteiger partial charge in [-0.3, -0.25) is 4.79 Å². The van der Waals surface area contributed by atoms with Gasteiger partial charge in [-0.25, -0.2) is 4.39 Å². The van der Waals surface area contributed by atoms with Crippen LogP contribution in [0.5, 0.6) is 5.75 Å². The van der Waals surface area contributed by atoms with Crippen LogP contribution in [0.25, 0.3) is 0 Å². The summed E-state index contributed by atoms with van der Waals surface area (Å²) in [5.74, 6) is -0.260. The first-order valence-corrected chi connectivity index (χ1v) is 8.25. The second-order valence-electron chi connectivity index (χ2n) is 5.63. The lowest BCUT2D eigenvalue weighted by atomic mass is 9.95. The first kappa shape index (κ1) is 20.7. The van der Waals surface area contributed by atoms with Gasteiger partial charge in [0.2, 0.25) is 0 Å². The molecule has 0 spiro atoms. The van der Waals surface area contributed by atoms with E-state index in [9.17, 15) is 9.18 Å². The molecule has 7 heteroatoms. The molecule has 1 amide bonds. The molecule has 1 saturated carbocycles. The van der Waals surface area contributed by atoms with Gasteiger partial charge in [0.25, 0.3) is 5.91 Å². The number of ether oxygens (including phenoxy) is 1. The monoisotopic (exact) mass is 376 g/mol. The van der Waals surface area contributed by atoms with Gasteiger partial charge >= 0.3 is 0 Å².